The molecule has 0 spiro atoms. The van der Waals surface area contributed by atoms with Crippen molar-refractivity contribution in [3.05, 3.63) is 58.6 Å². The summed E-state index contributed by atoms with van der Waals surface area (Å²) in [6, 6.07) is 11.3. The van der Waals surface area contributed by atoms with E-state index in [0.29, 0.717) is 0 Å². The van der Waals surface area contributed by atoms with Gasteiger partial charge in [0.2, 0.25) is 0 Å². The minimum Gasteiger partial charge on any atom is -0.449 e. The molecular weight excluding hydrogens is 402 g/mol. The van der Waals surface area contributed by atoms with Gasteiger partial charge >= 0.3 is 5.97 Å². The number of sulfone groups is 1. The SMILES string of the molecule is C[C@H](OC(=O)c1cc(S(C)(=O)=O)ccc1Cl)C(=O)N1c2ccccc2C[C@@H]1C. The van der Waals surface area contributed by atoms with E-state index in [4.69, 9.17) is 16.3 Å². The van der Waals surface area contributed by atoms with E-state index in [0.717, 1.165) is 30.0 Å². The van der Waals surface area contributed by atoms with Crippen LogP contribution < -0.4 is 4.90 Å². The molecule has 0 bridgehead atoms. The molecule has 0 N–H and O–H groups in total. The maximum atomic E-state index is 12.9. The molecule has 28 heavy (non-hydrogen) atoms. The van der Waals surface area contributed by atoms with Crippen molar-refractivity contribution in [2.24, 2.45) is 0 Å². The second-order valence-corrected chi connectivity index (χ2v) is 9.27. The van der Waals surface area contributed by atoms with Crippen LogP contribution in [-0.2, 0) is 25.8 Å². The number of para-hydroxylation sites is 1. The highest BCUT2D eigenvalue weighted by Crippen LogP contribution is 2.32. The molecular formula is C20H20ClNO5S. The molecule has 8 heteroatoms. The molecule has 0 saturated heterocycles. The van der Waals surface area contributed by atoms with E-state index in [1.807, 2.05) is 31.2 Å². The monoisotopic (exact) mass is 421 g/mol. The van der Waals surface area contributed by atoms with Gasteiger partial charge in [-0.25, -0.2) is 13.2 Å². The molecule has 6 nitrogen and oxygen atoms in total. The molecule has 2 aromatic rings. The first-order valence-electron chi connectivity index (χ1n) is 8.71. The van der Waals surface area contributed by atoms with Crippen molar-refractivity contribution in [1.29, 1.82) is 0 Å². The average Bonchev–Trinajstić information content (AvgIpc) is 2.95. The second kappa shape index (κ2) is 7.56. The van der Waals surface area contributed by atoms with Crippen LogP contribution in [-0.4, -0.2) is 38.7 Å². The lowest BCUT2D eigenvalue weighted by atomic mass is 10.1. The van der Waals surface area contributed by atoms with Crippen LogP contribution in [0.4, 0.5) is 5.69 Å². The van der Waals surface area contributed by atoms with Gasteiger partial charge in [0, 0.05) is 18.0 Å². The Morgan fingerprint density at radius 2 is 1.89 bits per heavy atom. The van der Waals surface area contributed by atoms with Crippen LogP contribution in [0, 0.1) is 0 Å². The zero-order valence-corrected chi connectivity index (χ0v) is 17.3. The van der Waals surface area contributed by atoms with Gasteiger partial charge in [-0.15, -0.1) is 0 Å². The highest BCUT2D eigenvalue weighted by molar-refractivity contribution is 7.90. The number of ether oxygens (including phenoxy) is 1. The lowest BCUT2D eigenvalue weighted by Gasteiger charge is -2.26. The van der Waals surface area contributed by atoms with Gasteiger partial charge in [-0.3, -0.25) is 4.79 Å². The quantitative estimate of drug-likeness (QED) is 0.708. The topological polar surface area (TPSA) is 80.8 Å². The zero-order valence-electron chi connectivity index (χ0n) is 15.7. The van der Waals surface area contributed by atoms with Gasteiger partial charge in [-0.1, -0.05) is 29.8 Å². The fourth-order valence-electron chi connectivity index (χ4n) is 3.26. The summed E-state index contributed by atoms with van der Waals surface area (Å²) in [5.74, 6) is -1.20. The Morgan fingerprint density at radius 3 is 2.57 bits per heavy atom. The summed E-state index contributed by atoms with van der Waals surface area (Å²) in [6.45, 7) is 3.42. The Balaban J connectivity index is 1.81. The van der Waals surface area contributed by atoms with Crippen LogP contribution in [0.5, 0.6) is 0 Å². The number of hydrogen-bond donors (Lipinski definition) is 0. The molecule has 2 atom stereocenters. The van der Waals surface area contributed by atoms with Crippen LogP contribution in [0.25, 0.3) is 0 Å². The molecule has 0 saturated carbocycles. The molecule has 0 fully saturated rings. The summed E-state index contributed by atoms with van der Waals surface area (Å²) in [5, 5.41) is 0.0527. The average molecular weight is 422 g/mol. The van der Waals surface area contributed by atoms with E-state index in [-0.39, 0.29) is 27.4 Å². The number of carbonyl (C=O) groups is 2. The Kier molecular flexibility index (Phi) is 5.50. The molecule has 3 rings (SSSR count). The Morgan fingerprint density at radius 1 is 1.21 bits per heavy atom. The summed E-state index contributed by atoms with van der Waals surface area (Å²) in [4.78, 5) is 27.0. The van der Waals surface area contributed by atoms with Crippen LogP contribution >= 0.6 is 11.6 Å². The van der Waals surface area contributed by atoms with E-state index in [2.05, 4.69) is 0 Å². The van der Waals surface area contributed by atoms with E-state index < -0.39 is 21.9 Å². The number of fused-ring (bicyclic) bond motifs is 1. The minimum absolute atomic E-state index is 0.0510. The fraction of sp³-hybridized carbons (Fsp3) is 0.300. The number of anilines is 1. The van der Waals surface area contributed by atoms with Crippen LogP contribution in [0.1, 0.15) is 29.8 Å². The molecule has 1 amide bonds. The largest absolute Gasteiger partial charge is 0.449 e. The summed E-state index contributed by atoms with van der Waals surface area (Å²) in [5.41, 5.74) is 1.77. The molecule has 148 valence electrons. The van der Waals surface area contributed by atoms with Gasteiger partial charge < -0.3 is 9.64 Å². The standard InChI is InChI=1S/C20H20ClNO5S/c1-12-10-14-6-4-5-7-18(14)22(12)19(23)13(2)27-20(24)16-11-15(28(3,25)26)8-9-17(16)21/h4-9,11-13H,10H2,1-3H3/t12-,13-/m0/s1. The number of amides is 1. The van der Waals surface area contributed by atoms with Gasteiger partial charge in [0.15, 0.2) is 15.9 Å². The van der Waals surface area contributed by atoms with E-state index >= 15 is 0 Å². The van der Waals surface area contributed by atoms with Gasteiger partial charge in [0.05, 0.1) is 15.5 Å². The molecule has 0 aromatic heterocycles. The zero-order chi connectivity index (χ0) is 20.6. The number of hydrogen-bond acceptors (Lipinski definition) is 5. The van der Waals surface area contributed by atoms with E-state index in [1.165, 1.54) is 19.1 Å². The normalized spacial score (nSPS) is 17.1. The van der Waals surface area contributed by atoms with Crippen LogP contribution in [0.2, 0.25) is 5.02 Å². The molecule has 1 aliphatic heterocycles. The highest BCUT2D eigenvalue weighted by atomic mass is 35.5. The molecule has 2 aromatic carbocycles. The number of rotatable bonds is 4. The van der Waals surface area contributed by atoms with Crippen molar-refractivity contribution in [2.75, 3.05) is 11.2 Å². The number of esters is 1. The van der Waals surface area contributed by atoms with Crippen molar-refractivity contribution in [3.63, 3.8) is 0 Å². The Bertz CT molecular complexity index is 1050. The number of benzene rings is 2. The smallest absolute Gasteiger partial charge is 0.340 e. The predicted molar refractivity (Wildman–Crippen MR) is 107 cm³/mol. The van der Waals surface area contributed by atoms with Gasteiger partial charge in [-0.2, -0.15) is 0 Å². The second-order valence-electron chi connectivity index (χ2n) is 6.85. The third kappa shape index (κ3) is 3.91. The lowest BCUT2D eigenvalue weighted by molar-refractivity contribution is -0.126. The Labute approximate surface area is 169 Å². The summed E-state index contributed by atoms with van der Waals surface area (Å²) < 4.78 is 28.8. The molecule has 1 aliphatic rings. The van der Waals surface area contributed by atoms with E-state index in [1.54, 1.807) is 4.90 Å². The van der Waals surface area contributed by atoms with Gasteiger partial charge in [-0.05, 0) is 50.1 Å². The van der Waals surface area contributed by atoms with Crippen molar-refractivity contribution in [1.82, 2.24) is 0 Å². The maximum Gasteiger partial charge on any atom is 0.340 e. The van der Waals surface area contributed by atoms with E-state index in [9.17, 15) is 18.0 Å². The maximum absolute atomic E-state index is 12.9. The first kappa shape index (κ1) is 20.4. The van der Waals surface area contributed by atoms with Gasteiger partial charge in [0.1, 0.15) is 0 Å². The summed E-state index contributed by atoms with van der Waals surface area (Å²) >= 11 is 6.03. The third-order valence-electron chi connectivity index (χ3n) is 4.66. The number of carbonyl (C=O) groups excluding carboxylic acids is 2. The lowest BCUT2D eigenvalue weighted by Crippen LogP contribution is -2.43. The number of nitrogens with zero attached hydrogens (tertiary/aromatic N) is 1. The fourth-order valence-corrected chi connectivity index (χ4v) is 4.10. The van der Waals surface area contributed by atoms with Crippen LogP contribution in [0.3, 0.4) is 0 Å². The third-order valence-corrected chi connectivity index (χ3v) is 6.10. The minimum atomic E-state index is -3.52. The summed E-state index contributed by atoms with van der Waals surface area (Å²) in [6.07, 6.45) is 0.702. The van der Waals surface area contributed by atoms with Crippen LogP contribution in [0.15, 0.2) is 47.4 Å². The van der Waals surface area contributed by atoms with Crippen molar-refractivity contribution < 1.29 is 22.7 Å². The molecule has 0 radical (unpaired) electrons. The first-order valence-corrected chi connectivity index (χ1v) is 11.0. The number of halogens is 1. The molecule has 1 heterocycles. The first-order chi connectivity index (χ1) is 13.1. The summed E-state index contributed by atoms with van der Waals surface area (Å²) in [7, 11) is -3.52. The molecule has 0 aliphatic carbocycles. The van der Waals surface area contributed by atoms with Gasteiger partial charge in [0.25, 0.3) is 5.91 Å². The predicted octanol–water partition coefficient (Wildman–Crippen LogP) is 3.27. The molecule has 0 unspecified atom stereocenters. The highest BCUT2D eigenvalue weighted by Gasteiger charge is 2.34. The van der Waals surface area contributed by atoms with Crippen molar-refractivity contribution >= 4 is 39.0 Å². The van der Waals surface area contributed by atoms with Crippen molar-refractivity contribution in [2.45, 2.75) is 37.3 Å². The Hall–Kier alpha value is -2.38. The van der Waals surface area contributed by atoms with Crippen molar-refractivity contribution in [3.8, 4) is 0 Å².